The van der Waals surface area contributed by atoms with Gasteiger partial charge in [-0.2, -0.15) is 0 Å². The van der Waals surface area contributed by atoms with Gasteiger partial charge in [0.05, 0.1) is 12.5 Å². The maximum absolute atomic E-state index is 10.7. The van der Waals surface area contributed by atoms with Crippen molar-refractivity contribution in [1.82, 2.24) is 0 Å². The van der Waals surface area contributed by atoms with E-state index in [1.165, 1.54) is 0 Å². The SMILES string of the molecule is O=C(O)Cc1ccccc1N1CCC(O)C1. The predicted molar refractivity (Wildman–Crippen MR) is 60.6 cm³/mol. The average molecular weight is 221 g/mol. The topological polar surface area (TPSA) is 60.8 Å². The van der Waals surface area contributed by atoms with Crippen molar-refractivity contribution in [2.45, 2.75) is 18.9 Å². The zero-order chi connectivity index (χ0) is 11.5. The van der Waals surface area contributed by atoms with Crippen molar-refractivity contribution in [1.29, 1.82) is 0 Å². The summed E-state index contributed by atoms with van der Waals surface area (Å²) >= 11 is 0. The third kappa shape index (κ3) is 2.33. The number of aliphatic carboxylic acids is 1. The Morgan fingerprint density at radius 1 is 1.44 bits per heavy atom. The van der Waals surface area contributed by atoms with Crippen LogP contribution in [-0.2, 0) is 11.2 Å². The number of carboxylic acid groups (broad SMARTS) is 1. The third-order valence-corrected chi connectivity index (χ3v) is 2.84. The largest absolute Gasteiger partial charge is 0.481 e. The van der Waals surface area contributed by atoms with Crippen LogP contribution in [0.1, 0.15) is 12.0 Å². The van der Waals surface area contributed by atoms with Crippen LogP contribution >= 0.6 is 0 Å². The molecule has 4 nitrogen and oxygen atoms in total. The summed E-state index contributed by atoms with van der Waals surface area (Å²) in [5, 5.41) is 18.3. The molecule has 1 aliphatic heterocycles. The fourth-order valence-electron chi connectivity index (χ4n) is 2.09. The summed E-state index contributed by atoms with van der Waals surface area (Å²) in [6, 6.07) is 7.48. The highest BCUT2D eigenvalue weighted by atomic mass is 16.4. The highest BCUT2D eigenvalue weighted by molar-refractivity contribution is 5.73. The maximum Gasteiger partial charge on any atom is 0.307 e. The number of carbonyl (C=O) groups is 1. The van der Waals surface area contributed by atoms with Gasteiger partial charge in [-0.05, 0) is 18.1 Å². The summed E-state index contributed by atoms with van der Waals surface area (Å²) in [4.78, 5) is 12.8. The van der Waals surface area contributed by atoms with Crippen molar-refractivity contribution < 1.29 is 15.0 Å². The van der Waals surface area contributed by atoms with Crippen molar-refractivity contribution in [3.8, 4) is 0 Å². The van der Waals surface area contributed by atoms with Crippen LogP contribution in [0.4, 0.5) is 5.69 Å². The smallest absolute Gasteiger partial charge is 0.307 e. The molecule has 16 heavy (non-hydrogen) atoms. The van der Waals surface area contributed by atoms with E-state index in [1.807, 2.05) is 29.2 Å². The Morgan fingerprint density at radius 3 is 2.81 bits per heavy atom. The van der Waals surface area contributed by atoms with E-state index in [0.717, 1.165) is 24.2 Å². The van der Waals surface area contributed by atoms with Crippen LogP contribution in [0.25, 0.3) is 0 Å². The number of carboxylic acids is 1. The van der Waals surface area contributed by atoms with Gasteiger partial charge in [0.15, 0.2) is 0 Å². The summed E-state index contributed by atoms with van der Waals surface area (Å²) in [7, 11) is 0. The number of hydrogen-bond donors (Lipinski definition) is 2. The first-order chi connectivity index (χ1) is 7.66. The van der Waals surface area contributed by atoms with Gasteiger partial charge in [-0.3, -0.25) is 4.79 Å². The molecular formula is C12H15NO3. The first-order valence-corrected chi connectivity index (χ1v) is 5.39. The van der Waals surface area contributed by atoms with Crippen molar-refractivity contribution in [2.24, 2.45) is 0 Å². The average Bonchev–Trinajstić information content (AvgIpc) is 2.65. The van der Waals surface area contributed by atoms with Crippen LogP contribution in [0.15, 0.2) is 24.3 Å². The lowest BCUT2D eigenvalue weighted by atomic mass is 10.1. The lowest BCUT2D eigenvalue weighted by Gasteiger charge is -2.20. The molecule has 0 aliphatic carbocycles. The molecule has 0 aromatic heterocycles. The Labute approximate surface area is 94.1 Å². The number of para-hydroxylation sites is 1. The van der Waals surface area contributed by atoms with E-state index in [0.29, 0.717) is 6.54 Å². The molecule has 1 heterocycles. The molecule has 0 radical (unpaired) electrons. The van der Waals surface area contributed by atoms with Gasteiger partial charge in [-0.25, -0.2) is 0 Å². The third-order valence-electron chi connectivity index (χ3n) is 2.84. The van der Waals surface area contributed by atoms with E-state index in [1.54, 1.807) is 0 Å². The van der Waals surface area contributed by atoms with Crippen LogP contribution in [0.3, 0.4) is 0 Å². The second-order valence-electron chi connectivity index (χ2n) is 4.09. The first kappa shape index (κ1) is 11.0. The van der Waals surface area contributed by atoms with Crippen molar-refractivity contribution in [2.75, 3.05) is 18.0 Å². The van der Waals surface area contributed by atoms with Crippen molar-refractivity contribution >= 4 is 11.7 Å². The molecule has 1 fully saturated rings. The van der Waals surface area contributed by atoms with E-state index in [9.17, 15) is 9.90 Å². The van der Waals surface area contributed by atoms with Crippen LogP contribution in [0.5, 0.6) is 0 Å². The summed E-state index contributed by atoms with van der Waals surface area (Å²) < 4.78 is 0. The lowest BCUT2D eigenvalue weighted by Crippen LogP contribution is -2.22. The number of aliphatic hydroxyl groups is 1. The van der Waals surface area contributed by atoms with Gasteiger partial charge in [0.1, 0.15) is 0 Å². The molecule has 0 bridgehead atoms. The molecule has 86 valence electrons. The normalized spacial score (nSPS) is 20.1. The predicted octanol–water partition coefficient (Wildman–Crippen LogP) is 0.885. The van der Waals surface area contributed by atoms with Gasteiger partial charge in [-0.1, -0.05) is 18.2 Å². The minimum Gasteiger partial charge on any atom is -0.481 e. The van der Waals surface area contributed by atoms with Crippen molar-refractivity contribution in [3.05, 3.63) is 29.8 Å². The van der Waals surface area contributed by atoms with Crippen LogP contribution in [-0.4, -0.2) is 35.4 Å². The molecule has 1 aromatic rings. The highest BCUT2D eigenvalue weighted by Crippen LogP contribution is 2.24. The van der Waals surface area contributed by atoms with E-state index in [2.05, 4.69) is 0 Å². The van der Waals surface area contributed by atoms with Gasteiger partial charge in [0, 0.05) is 18.8 Å². The number of nitrogens with zero attached hydrogens (tertiary/aromatic N) is 1. The monoisotopic (exact) mass is 221 g/mol. The van der Waals surface area contributed by atoms with Gasteiger partial charge in [-0.15, -0.1) is 0 Å². The van der Waals surface area contributed by atoms with Crippen LogP contribution in [0.2, 0.25) is 0 Å². The molecule has 0 amide bonds. The Hall–Kier alpha value is -1.55. The van der Waals surface area contributed by atoms with Crippen molar-refractivity contribution in [3.63, 3.8) is 0 Å². The van der Waals surface area contributed by atoms with E-state index < -0.39 is 5.97 Å². The summed E-state index contributed by atoms with van der Waals surface area (Å²) in [6.07, 6.45) is 0.488. The van der Waals surface area contributed by atoms with Gasteiger partial charge in [0.2, 0.25) is 0 Å². The number of aliphatic hydroxyl groups excluding tert-OH is 1. The van der Waals surface area contributed by atoms with E-state index in [-0.39, 0.29) is 12.5 Å². The molecule has 0 saturated carbocycles. The molecule has 0 spiro atoms. The molecule has 2 N–H and O–H groups in total. The zero-order valence-corrected chi connectivity index (χ0v) is 8.97. The molecule has 1 aliphatic rings. The maximum atomic E-state index is 10.7. The Bertz CT molecular complexity index is 392. The second kappa shape index (κ2) is 4.53. The highest BCUT2D eigenvalue weighted by Gasteiger charge is 2.22. The van der Waals surface area contributed by atoms with E-state index >= 15 is 0 Å². The Balaban J connectivity index is 2.22. The fourth-order valence-corrected chi connectivity index (χ4v) is 2.09. The molecule has 1 unspecified atom stereocenters. The summed E-state index contributed by atoms with van der Waals surface area (Å²) in [5.41, 5.74) is 1.74. The number of rotatable bonds is 3. The minimum atomic E-state index is -0.827. The van der Waals surface area contributed by atoms with Crippen LogP contribution < -0.4 is 4.90 Å². The quantitative estimate of drug-likeness (QED) is 0.795. The standard InChI is InChI=1S/C12H15NO3/c14-10-5-6-13(8-10)11-4-2-1-3-9(11)7-12(15)16/h1-4,10,14H,5-8H2,(H,15,16). The lowest BCUT2D eigenvalue weighted by molar-refractivity contribution is -0.136. The van der Waals surface area contributed by atoms with Gasteiger partial charge < -0.3 is 15.1 Å². The Morgan fingerprint density at radius 2 is 2.19 bits per heavy atom. The molecule has 1 atom stereocenters. The summed E-state index contributed by atoms with van der Waals surface area (Å²) in [6.45, 7) is 1.38. The zero-order valence-electron chi connectivity index (χ0n) is 8.97. The summed E-state index contributed by atoms with van der Waals surface area (Å²) in [5.74, 6) is -0.827. The van der Waals surface area contributed by atoms with Gasteiger partial charge >= 0.3 is 5.97 Å². The number of hydrogen-bond acceptors (Lipinski definition) is 3. The molecule has 4 heteroatoms. The molecular weight excluding hydrogens is 206 g/mol. The number of benzene rings is 1. The van der Waals surface area contributed by atoms with Gasteiger partial charge in [0.25, 0.3) is 0 Å². The molecule has 1 saturated heterocycles. The minimum absolute atomic E-state index is 0.0305. The first-order valence-electron chi connectivity index (χ1n) is 5.39. The van der Waals surface area contributed by atoms with Crippen LogP contribution in [0, 0.1) is 0 Å². The number of β-amino-alcohol motifs (C(OH)–C–C–N with tert-alkyl or cyclic N) is 1. The molecule has 2 rings (SSSR count). The number of anilines is 1. The fraction of sp³-hybridized carbons (Fsp3) is 0.417. The Kier molecular flexibility index (Phi) is 3.10. The second-order valence-corrected chi connectivity index (χ2v) is 4.09. The molecule has 1 aromatic carbocycles. The van der Waals surface area contributed by atoms with E-state index in [4.69, 9.17) is 5.11 Å².